The van der Waals surface area contributed by atoms with E-state index in [1.165, 1.54) is 5.88 Å². The van der Waals surface area contributed by atoms with Crippen LogP contribution in [0.4, 0.5) is 0 Å². The largest absolute Gasteiger partial charge is 0.277 e. The lowest BCUT2D eigenvalue weighted by Gasteiger charge is -2.29. The summed E-state index contributed by atoms with van der Waals surface area (Å²) in [4.78, 5) is 0. The Labute approximate surface area is 46.1 Å². The van der Waals surface area contributed by atoms with Crippen LogP contribution in [0.1, 0.15) is 0 Å². The Morgan fingerprint density at radius 2 is 1.43 bits per heavy atom. The fourth-order valence-electron chi connectivity index (χ4n) is 0.677. The second kappa shape index (κ2) is 0.869. The molecule has 1 atom stereocenters. The second-order valence-corrected chi connectivity index (χ2v) is 10.9. The van der Waals surface area contributed by atoms with Crippen molar-refractivity contribution in [3.8, 4) is 0 Å². The summed E-state index contributed by atoms with van der Waals surface area (Å²) in [7, 11) is 1.13. The molecule has 0 aromatic rings. The Hall–Kier alpha value is 0.310. The lowest BCUT2D eigenvalue weighted by atomic mass is 11.3. The third kappa shape index (κ3) is 0.774. The minimum atomic E-state index is -1.08. The van der Waals surface area contributed by atoms with Gasteiger partial charge in [-0.15, -0.1) is 0 Å². The van der Waals surface area contributed by atoms with Crippen molar-refractivity contribution in [3.63, 3.8) is 0 Å². The molecule has 0 bridgehead atoms. The van der Waals surface area contributed by atoms with Crippen LogP contribution >= 0.6 is 9.35 Å². The van der Waals surface area contributed by atoms with Crippen molar-refractivity contribution < 1.29 is 0 Å². The lowest BCUT2D eigenvalue weighted by Crippen LogP contribution is -1.97. The van der Waals surface area contributed by atoms with E-state index in [4.69, 9.17) is 0 Å². The highest BCUT2D eigenvalue weighted by atomic mass is 32.3. The van der Waals surface area contributed by atoms with Crippen LogP contribution in [0.15, 0.2) is 0 Å². The number of nitrogens with zero attached hydrogens (tertiary/aromatic N) is 1. The van der Waals surface area contributed by atoms with Gasteiger partial charge in [-0.2, -0.15) is 0 Å². The van der Waals surface area contributed by atoms with E-state index in [1.54, 1.807) is 0 Å². The highest BCUT2D eigenvalue weighted by Gasteiger charge is 2.44. The Bertz CT molecular complexity index is 100. The molecule has 1 aliphatic heterocycles. The third-order valence-electron chi connectivity index (χ3n) is 1.87. The standard InChI is InChI=1S/C5H15NS/c1-6-5-7(6,2,3)4/h7H,5H2,1-4H3. The van der Waals surface area contributed by atoms with Gasteiger partial charge in [-0.1, -0.05) is 0 Å². The van der Waals surface area contributed by atoms with Gasteiger partial charge >= 0.3 is 0 Å². The van der Waals surface area contributed by atoms with Crippen molar-refractivity contribution in [1.82, 2.24) is 4.31 Å². The minimum Gasteiger partial charge on any atom is -0.277 e. The van der Waals surface area contributed by atoms with Crippen LogP contribution < -0.4 is 0 Å². The summed E-state index contributed by atoms with van der Waals surface area (Å²) in [6.07, 6.45) is 7.18. The van der Waals surface area contributed by atoms with Crippen molar-refractivity contribution in [1.29, 1.82) is 0 Å². The first-order chi connectivity index (χ1) is 2.90. The van der Waals surface area contributed by atoms with E-state index in [1.807, 2.05) is 0 Å². The molecule has 46 valence electrons. The van der Waals surface area contributed by atoms with E-state index in [9.17, 15) is 0 Å². The molecule has 1 fully saturated rings. The first kappa shape index (κ1) is 5.45. The third-order valence-corrected chi connectivity index (χ3v) is 5.62. The highest BCUT2D eigenvalue weighted by Crippen LogP contribution is 2.75. The molecule has 0 spiro atoms. The van der Waals surface area contributed by atoms with E-state index in [-0.39, 0.29) is 0 Å². The molecule has 0 saturated carbocycles. The zero-order chi connectivity index (χ0) is 5.73. The van der Waals surface area contributed by atoms with Gasteiger partial charge in [-0.25, -0.2) is 9.35 Å². The normalized spacial score (nSPS) is 49.1. The van der Waals surface area contributed by atoms with Gasteiger partial charge in [0, 0.05) is 5.88 Å². The molecule has 1 heterocycles. The van der Waals surface area contributed by atoms with E-state index in [0.29, 0.717) is 0 Å². The van der Waals surface area contributed by atoms with Crippen molar-refractivity contribution >= 4 is 9.35 Å². The summed E-state index contributed by atoms with van der Waals surface area (Å²) in [5.74, 6) is 1.37. The van der Waals surface area contributed by atoms with Crippen molar-refractivity contribution in [3.05, 3.63) is 0 Å². The van der Waals surface area contributed by atoms with Gasteiger partial charge in [0.05, 0.1) is 0 Å². The summed E-state index contributed by atoms with van der Waals surface area (Å²) in [5, 5.41) is 0. The molecule has 2 heteroatoms. The molecule has 0 N–H and O–H groups in total. The molecule has 1 rings (SSSR count). The maximum atomic E-state index is 2.46. The minimum absolute atomic E-state index is 1.08. The zero-order valence-electron chi connectivity index (χ0n) is 5.60. The van der Waals surface area contributed by atoms with Crippen molar-refractivity contribution in [2.24, 2.45) is 0 Å². The molecule has 0 aliphatic carbocycles. The van der Waals surface area contributed by atoms with Gasteiger partial charge in [0.15, 0.2) is 0 Å². The molecule has 0 aromatic heterocycles. The van der Waals surface area contributed by atoms with E-state index >= 15 is 0 Å². The smallest absolute Gasteiger partial charge is 0.0321 e. The second-order valence-electron chi connectivity index (χ2n) is 3.83. The van der Waals surface area contributed by atoms with E-state index in [0.717, 1.165) is 0 Å². The maximum absolute atomic E-state index is 2.46. The topological polar surface area (TPSA) is 3.01 Å². The average molecular weight is 121 g/mol. The first-order valence-corrected chi connectivity index (χ1v) is 6.34. The van der Waals surface area contributed by atoms with Gasteiger partial charge in [0.1, 0.15) is 0 Å². The fraction of sp³-hybridized carbons (Fsp3) is 1.00. The number of hydrogen-bond donors (Lipinski definition) is 1. The van der Waals surface area contributed by atoms with Gasteiger partial charge in [-0.05, 0) is 25.8 Å². The molecule has 1 saturated heterocycles. The fourth-order valence-corrected chi connectivity index (χ4v) is 3.17. The quantitative estimate of drug-likeness (QED) is 0.366. The molecule has 7 heavy (non-hydrogen) atoms. The summed E-state index contributed by atoms with van der Waals surface area (Å²) in [5.41, 5.74) is 0. The summed E-state index contributed by atoms with van der Waals surface area (Å²) in [6, 6.07) is 0. The van der Waals surface area contributed by atoms with E-state index in [2.05, 4.69) is 30.1 Å². The van der Waals surface area contributed by atoms with Crippen LogP contribution in [0.2, 0.25) is 0 Å². The Kier molecular flexibility index (Phi) is 0.676. The summed E-state index contributed by atoms with van der Waals surface area (Å²) < 4.78 is 2.46. The molecule has 1 unspecified atom stereocenters. The number of rotatable bonds is 0. The number of hydrogen-bond acceptors (Lipinski definition) is 1. The molecule has 0 radical (unpaired) electrons. The average Bonchev–Trinajstić information content (AvgIpc) is 1.66. The summed E-state index contributed by atoms with van der Waals surface area (Å²) >= 11 is 0. The number of thiol groups is 1. The Morgan fingerprint density at radius 1 is 1.29 bits per heavy atom. The Morgan fingerprint density at radius 3 is 1.43 bits per heavy atom. The highest BCUT2D eigenvalue weighted by molar-refractivity contribution is 8.51. The van der Waals surface area contributed by atoms with Crippen LogP contribution in [0, 0.1) is 0 Å². The Balaban J connectivity index is 2.69. The predicted octanol–water partition coefficient (Wildman–Crippen LogP) is 0.766. The predicted molar refractivity (Wildman–Crippen MR) is 39.4 cm³/mol. The van der Waals surface area contributed by atoms with Gasteiger partial charge < -0.3 is 0 Å². The monoisotopic (exact) mass is 121 g/mol. The van der Waals surface area contributed by atoms with Crippen LogP contribution in [-0.4, -0.2) is 36.0 Å². The first-order valence-electron chi connectivity index (χ1n) is 2.62. The molecular formula is C5H15NS. The van der Waals surface area contributed by atoms with Gasteiger partial charge in [-0.3, -0.25) is 4.31 Å². The molecule has 1 aliphatic rings. The van der Waals surface area contributed by atoms with Gasteiger partial charge in [0.25, 0.3) is 0 Å². The molecule has 1 nitrogen and oxygen atoms in total. The van der Waals surface area contributed by atoms with Crippen LogP contribution in [0.25, 0.3) is 0 Å². The van der Waals surface area contributed by atoms with E-state index < -0.39 is 9.35 Å². The van der Waals surface area contributed by atoms with Gasteiger partial charge in [0.2, 0.25) is 0 Å². The zero-order valence-corrected chi connectivity index (χ0v) is 6.50. The van der Waals surface area contributed by atoms with Crippen LogP contribution in [0.5, 0.6) is 0 Å². The maximum Gasteiger partial charge on any atom is 0.0321 e. The summed E-state index contributed by atoms with van der Waals surface area (Å²) in [6.45, 7) is 0. The molecule has 0 aromatic carbocycles. The SMILES string of the molecule is CN1C[SH]1(C)(C)C. The molecule has 0 amide bonds. The van der Waals surface area contributed by atoms with Crippen LogP contribution in [0.3, 0.4) is 0 Å². The lowest BCUT2D eigenvalue weighted by molar-refractivity contribution is 0.777. The molecular weight excluding hydrogens is 106 g/mol. The van der Waals surface area contributed by atoms with Crippen LogP contribution in [-0.2, 0) is 0 Å². The van der Waals surface area contributed by atoms with Crippen molar-refractivity contribution in [2.45, 2.75) is 0 Å². The van der Waals surface area contributed by atoms with Crippen molar-refractivity contribution in [2.75, 3.05) is 31.7 Å².